The van der Waals surface area contributed by atoms with Crippen molar-refractivity contribution in [1.29, 1.82) is 0 Å². The lowest BCUT2D eigenvalue weighted by Crippen LogP contribution is -1.97. The Hall–Kier alpha value is -1.55. The van der Waals surface area contributed by atoms with Crippen LogP contribution in [0, 0.1) is 4.64 Å². The van der Waals surface area contributed by atoms with Crippen molar-refractivity contribution in [3.05, 3.63) is 40.9 Å². The van der Waals surface area contributed by atoms with Crippen LogP contribution in [0.4, 0.5) is 0 Å². The van der Waals surface area contributed by atoms with E-state index in [1.165, 1.54) is 0 Å². The van der Waals surface area contributed by atoms with Crippen LogP contribution in [-0.2, 0) is 0 Å². The van der Waals surface area contributed by atoms with E-state index in [1.54, 1.807) is 12.4 Å². The lowest BCUT2D eigenvalue weighted by atomic mass is 10.1. The monoisotopic (exact) mass is 231 g/mol. The van der Waals surface area contributed by atoms with Gasteiger partial charge in [0.2, 0.25) is 0 Å². The average Bonchev–Trinajstić information content (AvgIpc) is 2.29. The molecule has 0 radical (unpaired) electrons. The molecule has 0 aliphatic carbocycles. The molecular weight excluding hydrogens is 218 g/mol. The molecule has 0 aliphatic rings. The molecule has 0 spiro atoms. The molecule has 0 unspecified atom stereocenters. The van der Waals surface area contributed by atoms with Gasteiger partial charge in [-0.25, -0.2) is 4.98 Å². The van der Waals surface area contributed by atoms with E-state index >= 15 is 0 Å². The van der Waals surface area contributed by atoms with E-state index in [0.717, 1.165) is 17.1 Å². The number of nitrogens with zero attached hydrogens (tertiary/aromatic N) is 2. The van der Waals surface area contributed by atoms with Crippen molar-refractivity contribution >= 4 is 12.2 Å². The van der Waals surface area contributed by atoms with Crippen molar-refractivity contribution in [3.8, 4) is 11.4 Å². The van der Waals surface area contributed by atoms with E-state index in [2.05, 4.69) is 28.8 Å². The Morgan fingerprint density at radius 3 is 2.56 bits per heavy atom. The van der Waals surface area contributed by atoms with Crippen LogP contribution in [0.5, 0.6) is 0 Å². The minimum Gasteiger partial charge on any atom is -0.343 e. The summed E-state index contributed by atoms with van der Waals surface area (Å²) in [4.78, 5) is 11.6. The van der Waals surface area contributed by atoms with Crippen LogP contribution in [0.15, 0.2) is 30.6 Å². The Morgan fingerprint density at radius 1 is 1.25 bits per heavy atom. The molecule has 1 N–H and O–H groups in total. The second kappa shape index (κ2) is 4.53. The van der Waals surface area contributed by atoms with Crippen LogP contribution in [0.3, 0.4) is 0 Å². The SMILES string of the molecule is CC(C)c1cc(=S)nc(-c2ccncc2)[nH]1. The standard InChI is InChI=1S/C12H13N3S/c1-8(2)10-7-11(16)15-12(14-10)9-3-5-13-6-4-9/h3-8H,1-2H3,(H,14,15,16). The summed E-state index contributed by atoms with van der Waals surface area (Å²) in [5, 5.41) is 0. The van der Waals surface area contributed by atoms with Crippen molar-refractivity contribution < 1.29 is 0 Å². The quantitative estimate of drug-likeness (QED) is 0.806. The average molecular weight is 231 g/mol. The summed E-state index contributed by atoms with van der Waals surface area (Å²) in [5.74, 6) is 1.21. The van der Waals surface area contributed by atoms with Gasteiger partial charge in [0.1, 0.15) is 10.5 Å². The lowest BCUT2D eigenvalue weighted by molar-refractivity contribution is 0.815. The van der Waals surface area contributed by atoms with Gasteiger partial charge in [-0.05, 0) is 24.1 Å². The highest BCUT2D eigenvalue weighted by Gasteiger charge is 2.04. The minimum atomic E-state index is 0.408. The lowest BCUT2D eigenvalue weighted by Gasteiger charge is -2.08. The summed E-state index contributed by atoms with van der Waals surface area (Å²) in [7, 11) is 0. The fourth-order valence-corrected chi connectivity index (χ4v) is 1.65. The number of rotatable bonds is 2. The van der Waals surface area contributed by atoms with Crippen molar-refractivity contribution in [1.82, 2.24) is 15.0 Å². The molecule has 0 saturated carbocycles. The van der Waals surface area contributed by atoms with E-state index in [1.807, 2.05) is 18.2 Å². The zero-order valence-electron chi connectivity index (χ0n) is 9.27. The zero-order valence-corrected chi connectivity index (χ0v) is 10.1. The van der Waals surface area contributed by atoms with E-state index in [4.69, 9.17) is 12.2 Å². The molecule has 0 aromatic carbocycles. The molecular formula is C12H13N3S. The highest BCUT2D eigenvalue weighted by Crippen LogP contribution is 2.17. The van der Waals surface area contributed by atoms with Crippen LogP contribution >= 0.6 is 12.2 Å². The highest BCUT2D eigenvalue weighted by molar-refractivity contribution is 7.71. The molecule has 82 valence electrons. The van der Waals surface area contributed by atoms with E-state index in [0.29, 0.717) is 10.6 Å². The Kier molecular flexibility index (Phi) is 3.10. The number of hydrogen-bond acceptors (Lipinski definition) is 3. The number of pyridine rings is 1. The second-order valence-corrected chi connectivity index (χ2v) is 4.33. The maximum Gasteiger partial charge on any atom is 0.139 e. The molecule has 2 heterocycles. The fraction of sp³-hybridized carbons (Fsp3) is 0.250. The summed E-state index contributed by atoms with van der Waals surface area (Å²) < 4.78 is 0.620. The van der Waals surface area contributed by atoms with Crippen LogP contribution in [0.2, 0.25) is 0 Å². The number of H-pyrrole nitrogens is 1. The molecule has 16 heavy (non-hydrogen) atoms. The first kappa shape index (κ1) is 11.0. The third kappa shape index (κ3) is 2.33. The first-order valence-corrected chi connectivity index (χ1v) is 5.59. The van der Waals surface area contributed by atoms with E-state index in [9.17, 15) is 0 Å². The Balaban J connectivity index is 2.54. The van der Waals surface area contributed by atoms with Gasteiger partial charge >= 0.3 is 0 Å². The zero-order chi connectivity index (χ0) is 11.5. The van der Waals surface area contributed by atoms with Gasteiger partial charge < -0.3 is 4.98 Å². The second-order valence-electron chi connectivity index (χ2n) is 3.91. The largest absolute Gasteiger partial charge is 0.343 e. The van der Waals surface area contributed by atoms with Crippen LogP contribution in [-0.4, -0.2) is 15.0 Å². The molecule has 0 atom stereocenters. The molecule has 0 saturated heterocycles. The van der Waals surface area contributed by atoms with Gasteiger partial charge in [-0.1, -0.05) is 26.1 Å². The van der Waals surface area contributed by atoms with Crippen molar-refractivity contribution in [2.45, 2.75) is 19.8 Å². The van der Waals surface area contributed by atoms with Gasteiger partial charge in [0.25, 0.3) is 0 Å². The summed E-state index contributed by atoms with van der Waals surface area (Å²) in [5.41, 5.74) is 2.11. The van der Waals surface area contributed by atoms with Crippen molar-refractivity contribution in [3.63, 3.8) is 0 Å². The maximum atomic E-state index is 5.16. The molecule has 2 aromatic heterocycles. The van der Waals surface area contributed by atoms with Crippen LogP contribution in [0.1, 0.15) is 25.5 Å². The molecule has 0 aliphatic heterocycles. The van der Waals surface area contributed by atoms with Crippen LogP contribution in [0.25, 0.3) is 11.4 Å². The summed E-state index contributed by atoms with van der Waals surface area (Å²) in [6.07, 6.45) is 3.49. The highest BCUT2D eigenvalue weighted by atomic mass is 32.1. The first-order valence-electron chi connectivity index (χ1n) is 5.18. The summed E-state index contributed by atoms with van der Waals surface area (Å²) in [6, 6.07) is 5.74. The number of hydrogen-bond donors (Lipinski definition) is 1. The normalized spacial score (nSPS) is 10.7. The van der Waals surface area contributed by atoms with Gasteiger partial charge in [-0.15, -0.1) is 0 Å². The molecule has 4 heteroatoms. The minimum absolute atomic E-state index is 0.408. The number of nitrogens with one attached hydrogen (secondary N) is 1. The summed E-state index contributed by atoms with van der Waals surface area (Å²) in [6.45, 7) is 4.24. The third-order valence-corrected chi connectivity index (χ3v) is 2.55. The molecule has 0 fully saturated rings. The predicted molar refractivity (Wildman–Crippen MR) is 66.7 cm³/mol. The van der Waals surface area contributed by atoms with Crippen LogP contribution < -0.4 is 0 Å². The summed E-state index contributed by atoms with van der Waals surface area (Å²) >= 11 is 5.16. The van der Waals surface area contributed by atoms with E-state index in [-0.39, 0.29) is 0 Å². The predicted octanol–water partition coefficient (Wildman–Crippen LogP) is 3.32. The maximum absolute atomic E-state index is 5.16. The van der Waals surface area contributed by atoms with Gasteiger partial charge in [0, 0.05) is 23.7 Å². The Labute approximate surface area is 99.6 Å². The smallest absolute Gasteiger partial charge is 0.139 e. The molecule has 2 aromatic rings. The molecule has 3 nitrogen and oxygen atoms in total. The van der Waals surface area contributed by atoms with Gasteiger partial charge in [0.05, 0.1) is 0 Å². The fourth-order valence-electron chi connectivity index (χ4n) is 1.43. The van der Waals surface area contributed by atoms with Gasteiger partial charge in [0.15, 0.2) is 0 Å². The first-order chi connectivity index (χ1) is 7.66. The number of aromatic nitrogens is 3. The Bertz CT molecular complexity index is 531. The van der Waals surface area contributed by atoms with Gasteiger partial charge in [-0.3, -0.25) is 4.98 Å². The van der Waals surface area contributed by atoms with Crippen molar-refractivity contribution in [2.24, 2.45) is 0 Å². The van der Waals surface area contributed by atoms with E-state index < -0.39 is 0 Å². The van der Waals surface area contributed by atoms with Gasteiger partial charge in [-0.2, -0.15) is 0 Å². The topological polar surface area (TPSA) is 41.6 Å². The molecule has 2 rings (SSSR count). The molecule has 0 amide bonds. The Morgan fingerprint density at radius 2 is 1.94 bits per heavy atom. The molecule has 0 bridgehead atoms. The van der Waals surface area contributed by atoms with Crippen molar-refractivity contribution in [2.75, 3.05) is 0 Å². The number of aromatic amines is 1. The third-order valence-electron chi connectivity index (χ3n) is 2.34.